The third kappa shape index (κ3) is 3.12. The smallest absolute Gasteiger partial charge is 0.222 e. The van der Waals surface area contributed by atoms with Crippen LogP contribution in [0.25, 0.3) is 0 Å². The molecular formula is C8H7ClN2S. The van der Waals surface area contributed by atoms with E-state index in [-0.39, 0.29) is 5.28 Å². The summed E-state index contributed by atoms with van der Waals surface area (Å²) in [6, 6.07) is 0. The summed E-state index contributed by atoms with van der Waals surface area (Å²) in [5.74, 6) is 6.58. The Hall–Kier alpha value is -0.720. The third-order valence-corrected chi connectivity index (χ3v) is 1.51. The van der Waals surface area contributed by atoms with Crippen LogP contribution in [0.2, 0.25) is 5.28 Å². The van der Waals surface area contributed by atoms with E-state index in [4.69, 9.17) is 11.6 Å². The summed E-state index contributed by atoms with van der Waals surface area (Å²) in [6.45, 7) is 0. The molecule has 1 rings (SSSR count). The van der Waals surface area contributed by atoms with Crippen molar-refractivity contribution < 1.29 is 0 Å². The molecule has 2 nitrogen and oxygen atoms in total. The highest BCUT2D eigenvalue weighted by Crippen LogP contribution is 1.98. The molecule has 0 unspecified atom stereocenters. The highest BCUT2D eigenvalue weighted by Gasteiger charge is 1.88. The number of rotatable bonds is 1. The Balaban J connectivity index is 2.66. The number of hydrogen-bond acceptors (Lipinski definition) is 3. The van der Waals surface area contributed by atoms with Crippen molar-refractivity contribution in [1.82, 2.24) is 9.97 Å². The topological polar surface area (TPSA) is 25.8 Å². The fraction of sp³-hybridized carbons (Fsp3) is 0.250. The van der Waals surface area contributed by atoms with E-state index in [0.29, 0.717) is 0 Å². The van der Waals surface area contributed by atoms with Crippen LogP contribution in [0, 0.1) is 11.8 Å². The summed E-state index contributed by atoms with van der Waals surface area (Å²) in [7, 11) is 0. The summed E-state index contributed by atoms with van der Waals surface area (Å²) < 4.78 is 0. The zero-order chi connectivity index (χ0) is 8.81. The van der Waals surface area contributed by atoms with Gasteiger partial charge in [0.25, 0.3) is 0 Å². The molecule has 0 aliphatic carbocycles. The third-order valence-electron chi connectivity index (χ3n) is 1.09. The van der Waals surface area contributed by atoms with Gasteiger partial charge in [0.05, 0.1) is 5.56 Å². The van der Waals surface area contributed by atoms with Crippen molar-refractivity contribution >= 4 is 24.2 Å². The molecule has 0 bridgehead atoms. The van der Waals surface area contributed by atoms with Gasteiger partial charge in [0.2, 0.25) is 5.28 Å². The first-order valence-electron chi connectivity index (χ1n) is 3.40. The predicted octanol–water partition coefficient (Wildman–Crippen LogP) is 1.80. The minimum Gasteiger partial charge on any atom is -0.225 e. The molecule has 1 aromatic heterocycles. The summed E-state index contributed by atoms with van der Waals surface area (Å²) >= 11 is 9.52. The van der Waals surface area contributed by atoms with Gasteiger partial charge >= 0.3 is 0 Å². The van der Waals surface area contributed by atoms with E-state index in [1.54, 1.807) is 12.4 Å². The average molecular weight is 199 g/mol. The van der Waals surface area contributed by atoms with Crippen molar-refractivity contribution in [2.24, 2.45) is 0 Å². The monoisotopic (exact) mass is 198 g/mol. The largest absolute Gasteiger partial charge is 0.225 e. The first-order valence-corrected chi connectivity index (χ1v) is 4.41. The fourth-order valence-electron chi connectivity index (χ4n) is 0.597. The van der Waals surface area contributed by atoms with Crippen LogP contribution >= 0.6 is 24.2 Å². The van der Waals surface area contributed by atoms with Crippen LogP contribution in [-0.2, 0) is 0 Å². The summed E-state index contributed by atoms with van der Waals surface area (Å²) in [6.07, 6.45) is 3.97. The van der Waals surface area contributed by atoms with Gasteiger partial charge in [-0.25, -0.2) is 9.97 Å². The van der Waals surface area contributed by atoms with Crippen LogP contribution in [0.15, 0.2) is 12.4 Å². The molecule has 0 saturated heterocycles. The summed E-state index contributed by atoms with van der Waals surface area (Å²) in [5, 5.41) is 0.245. The summed E-state index contributed by atoms with van der Waals surface area (Å²) in [4.78, 5) is 7.58. The van der Waals surface area contributed by atoms with Crippen molar-refractivity contribution in [3.63, 3.8) is 0 Å². The van der Waals surface area contributed by atoms with Gasteiger partial charge < -0.3 is 0 Å². The first-order chi connectivity index (χ1) is 5.83. The lowest BCUT2D eigenvalue weighted by Gasteiger charge is -1.87. The van der Waals surface area contributed by atoms with Gasteiger partial charge in [-0.3, -0.25) is 0 Å². The minimum atomic E-state index is 0.245. The maximum atomic E-state index is 5.49. The van der Waals surface area contributed by atoms with Crippen molar-refractivity contribution in [2.45, 2.75) is 6.42 Å². The van der Waals surface area contributed by atoms with Gasteiger partial charge in [-0.2, -0.15) is 12.6 Å². The average Bonchev–Trinajstić information content (AvgIpc) is 2.09. The lowest BCUT2D eigenvalue weighted by atomic mass is 10.3. The van der Waals surface area contributed by atoms with Crippen LogP contribution in [0.3, 0.4) is 0 Å². The van der Waals surface area contributed by atoms with E-state index in [1.807, 2.05) is 0 Å². The lowest BCUT2D eigenvalue weighted by Crippen LogP contribution is -1.82. The van der Waals surface area contributed by atoms with E-state index in [1.165, 1.54) is 0 Å². The van der Waals surface area contributed by atoms with Crippen LogP contribution in [0.5, 0.6) is 0 Å². The molecule has 0 aliphatic rings. The fourth-order valence-corrected chi connectivity index (χ4v) is 0.807. The van der Waals surface area contributed by atoms with Crippen LogP contribution in [0.1, 0.15) is 12.0 Å². The minimum absolute atomic E-state index is 0.245. The van der Waals surface area contributed by atoms with Gasteiger partial charge in [0.1, 0.15) is 0 Å². The molecule has 0 amide bonds. The van der Waals surface area contributed by atoms with Crippen LogP contribution in [-0.4, -0.2) is 15.7 Å². The second-order valence-corrected chi connectivity index (χ2v) is 2.80. The Labute approximate surface area is 81.8 Å². The van der Waals surface area contributed by atoms with Crippen LogP contribution in [0.4, 0.5) is 0 Å². The van der Waals surface area contributed by atoms with Crippen molar-refractivity contribution in [1.29, 1.82) is 0 Å². The second kappa shape index (κ2) is 5.02. The van der Waals surface area contributed by atoms with E-state index in [2.05, 4.69) is 34.4 Å². The van der Waals surface area contributed by atoms with Crippen molar-refractivity contribution in [3.8, 4) is 11.8 Å². The van der Waals surface area contributed by atoms with Crippen LogP contribution < -0.4 is 0 Å². The maximum Gasteiger partial charge on any atom is 0.222 e. The zero-order valence-electron chi connectivity index (χ0n) is 6.29. The first kappa shape index (κ1) is 9.37. The van der Waals surface area contributed by atoms with E-state index in [9.17, 15) is 0 Å². The zero-order valence-corrected chi connectivity index (χ0v) is 7.94. The standard InChI is InChI=1S/C8H7ClN2S/c9-8-10-5-7(6-11-8)3-1-2-4-12/h5-6,12H,2,4H2. The molecule has 12 heavy (non-hydrogen) atoms. The molecule has 0 atom stereocenters. The number of aromatic nitrogens is 2. The van der Waals surface area contributed by atoms with Gasteiger partial charge in [-0.1, -0.05) is 11.8 Å². The molecule has 0 aliphatic heterocycles. The highest BCUT2D eigenvalue weighted by atomic mass is 35.5. The normalized spacial score (nSPS) is 8.83. The molecule has 0 saturated carbocycles. The van der Waals surface area contributed by atoms with Gasteiger partial charge in [0, 0.05) is 24.6 Å². The molecular weight excluding hydrogens is 192 g/mol. The predicted molar refractivity (Wildman–Crippen MR) is 52.4 cm³/mol. The van der Waals surface area contributed by atoms with E-state index in [0.717, 1.165) is 17.7 Å². The molecule has 0 spiro atoms. The Morgan fingerprint density at radius 1 is 1.42 bits per heavy atom. The highest BCUT2D eigenvalue weighted by molar-refractivity contribution is 7.80. The molecule has 0 N–H and O–H groups in total. The maximum absolute atomic E-state index is 5.49. The quantitative estimate of drug-likeness (QED) is 0.423. The lowest BCUT2D eigenvalue weighted by molar-refractivity contribution is 1.16. The molecule has 1 aromatic rings. The molecule has 4 heteroatoms. The van der Waals surface area contributed by atoms with Crippen molar-refractivity contribution in [2.75, 3.05) is 5.75 Å². The Morgan fingerprint density at radius 3 is 2.67 bits per heavy atom. The molecule has 0 fully saturated rings. The van der Waals surface area contributed by atoms with Gasteiger partial charge in [-0.05, 0) is 11.6 Å². The second-order valence-electron chi connectivity index (χ2n) is 2.02. The SMILES string of the molecule is SCCC#Cc1cnc(Cl)nc1. The van der Waals surface area contributed by atoms with Gasteiger partial charge in [0.15, 0.2) is 0 Å². The van der Waals surface area contributed by atoms with E-state index < -0.39 is 0 Å². The molecule has 0 aromatic carbocycles. The molecule has 1 heterocycles. The molecule has 62 valence electrons. The number of halogens is 1. The molecule has 0 radical (unpaired) electrons. The Kier molecular flexibility index (Phi) is 3.92. The van der Waals surface area contributed by atoms with Gasteiger partial charge in [-0.15, -0.1) is 0 Å². The van der Waals surface area contributed by atoms with Crippen molar-refractivity contribution in [3.05, 3.63) is 23.2 Å². The van der Waals surface area contributed by atoms with E-state index >= 15 is 0 Å². The summed E-state index contributed by atoms with van der Waals surface area (Å²) in [5.41, 5.74) is 0.779. The number of hydrogen-bond donors (Lipinski definition) is 1. The Bertz CT molecular complexity index is 299. The number of nitrogens with zero attached hydrogens (tertiary/aromatic N) is 2. The Morgan fingerprint density at radius 2 is 2.08 bits per heavy atom. The number of thiol groups is 1.